The summed E-state index contributed by atoms with van der Waals surface area (Å²) in [4.78, 5) is 1.35. The first-order valence-corrected chi connectivity index (χ1v) is 7.15. The van der Waals surface area contributed by atoms with Crippen LogP contribution in [0.2, 0.25) is 0 Å². The van der Waals surface area contributed by atoms with Gasteiger partial charge in [0.05, 0.1) is 3.79 Å². The molecule has 0 aliphatic rings. The Labute approximate surface area is 109 Å². The highest BCUT2D eigenvalue weighted by Crippen LogP contribution is 2.23. The monoisotopic (exact) mass is 306 g/mol. The minimum Gasteiger partial charge on any atom is -0.382 e. The van der Waals surface area contributed by atoms with Crippen LogP contribution in [0.5, 0.6) is 0 Å². The van der Waals surface area contributed by atoms with Crippen molar-refractivity contribution >= 4 is 27.3 Å². The second-order valence-corrected chi connectivity index (χ2v) is 6.16. The van der Waals surface area contributed by atoms with E-state index in [1.807, 2.05) is 6.92 Å². The summed E-state index contributed by atoms with van der Waals surface area (Å²) in [7, 11) is 0. The summed E-state index contributed by atoms with van der Waals surface area (Å²) in [6, 6.07) is 4.56. The topological polar surface area (TPSA) is 47.3 Å². The van der Waals surface area contributed by atoms with Crippen LogP contribution in [0.25, 0.3) is 0 Å². The predicted octanol–water partition coefficient (Wildman–Crippen LogP) is 2.70. The molecular weight excluding hydrogens is 288 g/mol. The van der Waals surface area contributed by atoms with Crippen LogP contribution in [0.15, 0.2) is 15.9 Å². The number of nitrogens with two attached hydrogens (primary N) is 1. The molecule has 0 saturated heterocycles. The molecule has 0 aliphatic heterocycles. The lowest BCUT2D eigenvalue weighted by molar-refractivity contribution is 0.141. The average Bonchev–Trinajstić information content (AvgIpc) is 2.68. The van der Waals surface area contributed by atoms with Crippen LogP contribution in [0, 0.1) is 0 Å². The molecule has 1 aromatic heterocycles. The van der Waals surface area contributed by atoms with E-state index in [0.717, 1.165) is 32.5 Å². The fourth-order valence-corrected chi connectivity index (χ4v) is 3.09. The lowest BCUT2D eigenvalue weighted by atomic mass is 10.1. The zero-order valence-corrected chi connectivity index (χ0v) is 11.9. The minimum atomic E-state index is 0.339. The first-order valence-electron chi connectivity index (χ1n) is 5.54. The van der Waals surface area contributed by atoms with Crippen molar-refractivity contribution in [2.24, 2.45) is 5.84 Å². The molecule has 0 saturated carbocycles. The minimum absolute atomic E-state index is 0.339. The molecule has 0 bridgehead atoms. The summed E-state index contributed by atoms with van der Waals surface area (Å²) in [5.41, 5.74) is 2.87. The van der Waals surface area contributed by atoms with Gasteiger partial charge in [-0.1, -0.05) is 0 Å². The molecule has 16 heavy (non-hydrogen) atoms. The van der Waals surface area contributed by atoms with Gasteiger partial charge < -0.3 is 4.74 Å². The summed E-state index contributed by atoms with van der Waals surface area (Å²) in [5, 5.41) is 0. The Bertz CT molecular complexity index is 293. The van der Waals surface area contributed by atoms with E-state index in [4.69, 9.17) is 10.6 Å². The van der Waals surface area contributed by atoms with Gasteiger partial charge in [0, 0.05) is 24.1 Å². The highest BCUT2D eigenvalue weighted by molar-refractivity contribution is 9.11. The molecule has 1 rings (SSSR count). The maximum Gasteiger partial charge on any atom is 0.0701 e. The van der Waals surface area contributed by atoms with Gasteiger partial charge >= 0.3 is 0 Å². The molecule has 1 heterocycles. The molecule has 3 nitrogen and oxygen atoms in total. The Hall–Kier alpha value is 0.0600. The fraction of sp³-hybridized carbons (Fsp3) is 0.636. The van der Waals surface area contributed by atoms with E-state index in [9.17, 15) is 0 Å². The van der Waals surface area contributed by atoms with E-state index in [1.54, 1.807) is 11.3 Å². The van der Waals surface area contributed by atoms with Gasteiger partial charge in [0.15, 0.2) is 0 Å². The van der Waals surface area contributed by atoms with Gasteiger partial charge in [0.1, 0.15) is 0 Å². The van der Waals surface area contributed by atoms with Crippen LogP contribution >= 0.6 is 27.3 Å². The van der Waals surface area contributed by atoms with Crippen LogP contribution in [0.3, 0.4) is 0 Å². The molecule has 0 aliphatic carbocycles. The number of hydrogen-bond donors (Lipinski definition) is 2. The maximum absolute atomic E-state index is 5.54. The number of nitrogens with one attached hydrogen (secondary N) is 1. The average molecular weight is 307 g/mol. The van der Waals surface area contributed by atoms with E-state index in [1.165, 1.54) is 8.66 Å². The number of hydrogen-bond acceptors (Lipinski definition) is 4. The first-order chi connectivity index (χ1) is 7.76. The van der Waals surface area contributed by atoms with Crippen molar-refractivity contribution in [3.05, 3.63) is 20.8 Å². The summed E-state index contributed by atoms with van der Waals surface area (Å²) >= 11 is 5.23. The summed E-state index contributed by atoms with van der Waals surface area (Å²) in [6.45, 7) is 3.63. The van der Waals surface area contributed by atoms with Crippen LogP contribution in [0.4, 0.5) is 0 Å². The van der Waals surface area contributed by atoms with Crippen LogP contribution in [-0.4, -0.2) is 19.3 Å². The number of thiophene rings is 1. The van der Waals surface area contributed by atoms with Gasteiger partial charge in [-0.05, 0) is 54.2 Å². The van der Waals surface area contributed by atoms with E-state index in [-0.39, 0.29) is 0 Å². The van der Waals surface area contributed by atoms with Crippen molar-refractivity contribution in [1.82, 2.24) is 5.43 Å². The Kier molecular flexibility index (Phi) is 7.23. The quantitative estimate of drug-likeness (QED) is 0.441. The molecule has 0 radical (unpaired) electrons. The third-order valence-corrected chi connectivity index (χ3v) is 4.00. The maximum atomic E-state index is 5.54. The molecule has 0 amide bonds. The lowest BCUT2D eigenvalue weighted by Crippen LogP contribution is -2.36. The van der Waals surface area contributed by atoms with E-state index in [2.05, 4.69) is 33.5 Å². The van der Waals surface area contributed by atoms with Crippen molar-refractivity contribution < 1.29 is 4.74 Å². The van der Waals surface area contributed by atoms with Gasteiger partial charge in [-0.15, -0.1) is 11.3 Å². The smallest absolute Gasteiger partial charge is 0.0701 e. The number of halogens is 1. The van der Waals surface area contributed by atoms with Crippen molar-refractivity contribution in [3.8, 4) is 0 Å². The highest BCUT2D eigenvalue weighted by Gasteiger charge is 2.09. The Morgan fingerprint density at radius 3 is 2.94 bits per heavy atom. The number of rotatable bonds is 8. The van der Waals surface area contributed by atoms with Gasteiger partial charge in [-0.2, -0.15) is 0 Å². The van der Waals surface area contributed by atoms with Gasteiger partial charge in [-0.25, -0.2) is 0 Å². The third-order valence-electron chi connectivity index (χ3n) is 2.36. The highest BCUT2D eigenvalue weighted by atomic mass is 79.9. The molecule has 5 heteroatoms. The zero-order valence-electron chi connectivity index (χ0n) is 9.54. The first kappa shape index (κ1) is 14.1. The van der Waals surface area contributed by atoms with Crippen molar-refractivity contribution in [1.29, 1.82) is 0 Å². The standard InChI is InChI=1S/C11H19BrN2OS/c1-2-15-7-3-4-9(14-13)8-10-5-6-11(12)16-10/h5-6,9,14H,2-4,7-8,13H2,1H3. The Balaban J connectivity index is 2.26. The second kappa shape index (κ2) is 8.20. The van der Waals surface area contributed by atoms with Gasteiger partial charge in [0.2, 0.25) is 0 Å². The number of hydrazine groups is 1. The summed E-state index contributed by atoms with van der Waals surface area (Å²) in [6.07, 6.45) is 3.08. The normalized spacial score (nSPS) is 12.9. The van der Waals surface area contributed by atoms with E-state index in [0.29, 0.717) is 6.04 Å². The van der Waals surface area contributed by atoms with Crippen LogP contribution < -0.4 is 11.3 Å². The van der Waals surface area contributed by atoms with Crippen LogP contribution in [-0.2, 0) is 11.2 Å². The largest absolute Gasteiger partial charge is 0.382 e. The molecule has 92 valence electrons. The molecule has 1 atom stereocenters. The third kappa shape index (κ3) is 5.41. The zero-order chi connectivity index (χ0) is 11.8. The molecular formula is C11H19BrN2OS. The lowest BCUT2D eigenvalue weighted by Gasteiger charge is -2.14. The van der Waals surface area contributed by atoms with Crippen LogP contribution in [0.1, 0.15) is 24.6 Å². The molecule has 1 unspecified atom stereocenters. The molecule has 0 fully saturated rings. The predicted molar refractivity (Wildman–Crippen MR) is 72.6 cm³/mol. The van der Waals surface area contributed by atoms with Crippen molar-refractivity contribution in [2.45, 2.75) is 32.2 Å². The molecule has 1 aromatic rings. The second-order valence-electron chi connectivity index (χ2n) is 3.61. The molecule has 0 spiro atoms. The van der Waals surface area contributed by atoms with E-state index < -0.39 is 0 Å². The summed E-state index contributed by atoms with van der Waals surface area (Å²) in [5.74, 6) is 5.54. The summed E-state index contributed by atoms with van der Waals surface area (Å²) < 4.78 is 6.48. The van der Waals surface area contributed by atoms with Crippen molar-refractivity contribution in [2.75, 3.05) is 13.2 Å². The molecule has 0 aromatic carbocycles. The molecule has 3 N–H and O–H groups in total. The fourth-order valence-electron chi connectivity index (χ4n) is 1.52. The Morgan fingerprint density at radius 1 is 1.56 bits per heavy atom. The van der Waals surface area contributed by atoms with Gasteiger partial charge in [0.25, 0.3) is 0 Å². The van der Waals surface area contributed by atoms with Gasteiger partial charge in [-0.3, -0.25) is 11.3 Å². The SMILES string of the molecule is CCOCCCC(Cc1ccc(Br)s1)NN. The van der Waals surface area contributed by atoms with E-state index >= 15 is 0 Å². The van der Waals surface area contributed by atoms with Crippen molar-refractivity contribution in [3.63, 3.8) is 0 Å². The number of ether oxygens (including phenoxy) is 1. The Morgan fingerprint density at radius 2 is 2.38 bits per heavy atom.